The fraction of sp³-hybridized carbons (Fsp3) is 0.0175. The summed E-state index contributed by atoms with van der Waals surface area (Å²) in [5.41, 5.74) is 15.7. The molecule has 0 N–H and O–H groups in total. The Balaban J connectivity index is 0.946. The number of benzene rings is 8. The van der Waals surface area contributed by atoms with Crippen LogP contribution in [-0.4, -0.2) is 19.9 Å². The first-order valence-corrected chi connectivity index (χ1v) is 20.9. The number of fused-ring (bicyclic) bond motifs is 9. The van der Waals surface area contributed by atoms with Crippen molar-refractivity contribution in [2.24, 2.45) is 0 Å². The van der Waals surface area contributed by atoms with Gasteiger partial charge in [-0.05, 0) is 80.9 Å². The van der Waals surface area contributed by atoms with Crippen molar-refractivity contribution < 1.29 is 4.74 Å². The first-order chi connectivity index (χ1) is 30.7. The SMILES string of the molecule is c1ccc(-c2ccc(-c3nc(-c4ccccc4)nc(-c4cccc(-c5cccc(-c6ccc7c(c6)C6(c8ccccc8Oc8ccccc86)c6cccnc6-7)c5)c4)n3)cc2)cc1. The Hall–Kier alpha value is -8.28. The topological polar surface area (TPSA) is 60.8 Å². The van der Waals surface area contributed by atoms with Crippen molar-refractivity contribution in [3.63, 3.8) is 0 Å². The van der Waals surface area contributed by atoms with Crippen LogP contribution in [0.3, 0.4) is 0 Å². The lowest BCUT2D eigenvalue weighted by molar-refractivity contribution is 0.436. The maximum absolute atomic E-state index is 6.56. The molecule has 2 aromatic heterocycles. The quantitative estimate of drug-likeness (QED) is 0.168. The van der Waals surface area contributed by atoms with E-state index in [9.17, 15) is 0 Å². The van der Waals surface area contributed by atoms with Crippen molar-refractivity contribution in [3.05, 3.63) is 241 Å². The van der Waals surface area contributed by atoms with E-state index in [0.29, 0.717) is 17.5 Å². The minimum absolute atomic E-state index is 0.585. The van der Waals surface area contributed by atoms with E-state index in [0.717, 1.165) is 78.4 Å². The van der Waals surface area contributed by atoms with Crippen molar-refractivity contribution in [1.29, 1.82) is 0 Å². The number of pyridine rings is 1. The van der Waals surface area contributed by atoms with Gasteiger partial charge in [0.1, 0.15) is 11.5 Å². The molecular formula is C57H36N4O. The molecule has 0 atom stereocenters. The predicted molar refractivity (Wildman–Crippen MR) is 248 cm³/mol. The van der Waals surface area contributed by atoms with Crippen LogP contribution in [0.25, 0.3) is 78.8 Å². The van der Waals surface area contributed by atoms with Crippen molar-refractivity contribution in [3.8, 4) is 90.3 Å². The molecular weight excluding hydrogens is 757 g/mol. The summed E-state index contributed by atoms with van der Waals surface area (Å²) < 4.78 is 6.56. The van der Waals surface area contributed by atoms with Crippen LogP contribution in [0, 0.1) is 0 Å². The van der Waals surface area contributed by atoms with Gasteiger partial charge in [0.25, 0.3) is 0 Å². The van der Waals surface area contributed by atoms with E-state index in [-0.39, 0.29) is 0 Å². The Morgan fingerprint density at radius 3 is 1.39 bits per heavy atom. The molecule has 2 aliphatic rings. The first-order valence-electron chi connectivity index (χ1n) is 20.9. The van der Waals surface area contributed by atoms with E-state index in [1.807, 2.05) is 54.7 Å². The number of para-hydroxylation sites is 2. The van der Waals surface area contributed by atoms with Crippen molar-refractivity contribution >= 4 is 0 Å². The Morgan fingerprint density at radius 1 is 0.306 bits per heavy atom. The van der Waals surface area contributed by atoms with Crippen molar-refractivity contribution in [1.82, 2.24) is 19.9 Å². The number of ether oxygens (including phenoxy) is 1. The number of hydrogen-bond donors (Lipinski definition) is 0. The minimum atomic E-state index is -0.585. The minimum Gasteiger partial charge on any atom is -0.457 e. The third kappa shape index (κ3) is 5.78. The fourth-order valence-corrected chi connectivity index (χ4v) is 9.39. The summed E-state index contributed by atoms with van der Waals surface area (Å²) in [6.07, 6.45) is 1.90. The molecule has 5 heteroatoms. The molecule has 10 aromatic rings. The zero-order valence-electron chi connectivity index (χ0n) is 33.5. The Labute approximate surface area is 359 Å². The maximum atomic E-state index is 6.56. The second-order valence-electron chi connectivity index (χ2n) is 15.8. The predicted octanol–water partition coefficient (Wildman–Crippen LogP) is 13.7. The molecule has 8 aromatic carbocycles. The molecule has 12 rings (SSSR count). The molecule has 290 valence electrons. The molecule has 3 heterocycles. The number of hydrogen-bond acceptors (Lipinski definition) is 5. The normalized spacial score (nSPS) is 12.8. The van der Waals surface area contributed by atoms with Gasteiger partial charge in [0.15, 0.2) is 17.5 Å². The van der Waals surface area contributed by atoms with Crippen LogP contribution in [-0.2, 0) is 5.41 Å². The molecule has 0 saturated heterocycles. The number of aromatic nitrogens is 4. The summed E-state index contributed by atoms with van der Waals surface area (Å²) >= 11 is 0. The van der Waals surface area contributed by atoms with Crippen LogP contribution in [0.1, 0.15) is 22.3 Å². The molecule has 1 aliphatic heterocycles. The van der Waals surface area contributed by atoms with Crippen LogP contribution in [0.2, 0.25) is 0 Å². The van der Waals surface area contributed by atoms with Gasteiger partial charge in [-0.15, -0.1) is 0 Å². The molecule has 1 aliphatic carbocycles. The van der Waals surface area contributed by atoms with Crippen molar-refractivity contribution in [2.45, 2.75) is 5.41 Å². The Morgan fingerprint density at radius 2 is 0.742 bits per heavy atom. The van der Waals surface area contributed by atoms with Crippen LogP contribution in [0.5, 0.6) is 11.5 Å². The summed E-state index contributed by atoms with van der Waals surface area (Å²) in [4.78, 5) is 20.1. The van der Waals surface area contributed by atoms with E-state index < -0.39 is 5.41 Å². The molecule has 5 nitrogen and oxygen atoms in total. The van der Waals surface area contributed by atoms with Crippen LogP contribution in [0.15, 0.2) is 219 Å². The van der Waals surface area contributed by atoms with E-state index in [2.05, 4.69) is 164 Å². The second kappa shape index (κ2) is 14.5. The van der Waals surface area contributed by atoms with Gasteiger partial charge in [0, 0.05) is 39.6 Å². The Kier molecular flexibility index (Phi) is 8.32. The zero-order chi connectivity index (χ0) is 41.0. The van der Waals surface area contributed by atoms with Crippen molar-refractivity contribution in [2.75, 3.05) is 0 Å². The van der Waals surface area contributed by atoms with E-state index in [1.165, 1.54) is 16.7 Å². The second-order valence-corrected chi connectivity index (χ2v) is 15.8. The van der Waals surface area contributed by atoms with Crippen LogP contribution in [0.4, 0.5) is 0 Å². The lowest BCUT2D eigenvalue weighted by Crippen LogP contribution is -2.32. The van der Waals surface area contributed by atoms with Crippen LogP contribution < -0.4 is 4.74 Å². The number of rotatable bonds is 6. The van der Waals surface area contributed by atoms with Gasteiger partial charge in [0.05, 0.1) is 11.1 Å². The lowest BCUT2D eigenvalue weighted by atomic mass is 9.66. The summed E-state index contributed by atoms with van der Waals surface area (Å²) in [6.45, 7) is 0. The van der Waals surface area contributed by atoms with Gasteiger partial charge in [-0.1, -0.05) is 176 Å². The van der Waals surface area contributed by atoms with Gasteiger partial charge in [-0.2, -0.15) is 0 Å². The number of nitrogens with zero attached hydrogens (tertiary/aromatic N) is 4. The van der Waals surface area contributed by atoms with Gasteiger partial charge < -0.3 is 4.74 Å². The standard InChI is InChI=1S/C57H36N4O/c1-3-14-37(15-4-1)38-27-29-40(30-28-38)55-59-54(39-16-5-2-6-17-39)60-56(61-55)45-21-12-20-43(35-45)41-18-11-19-42(34-41)44-31-32-46-50(36-44)57(49-24-13-33-58-53(46)49)47-22-7-9-25-51(47)62-52-26-10-8-23-48(52)57/h1-36H. The molecule has 0 unspecified atom stereocenters. The molecule has 0 bridgehead atoms. The first kappa shape index (κ1) is 35.6. The molecule has 62 heavy (non-hydrogen) atoms. The highest BCUT2D eigenvalue weighted by molar-refractivity contribution is 5.89. The average molecular weight is 793 g/mol. The largest absolute Gasteiger partial charge is 0.457 e. The van der Waals surface area contributed by atoms with Crippen LogP contribution >= 0.6 is 0 Å². The van der Waals surface area contributed by atoms with Gasteiger partial charge >= 0.3 is 0 Å². The van der Waals surface area contributed by atoms with Gasteiger partial charge in [-0.25, -0.2) is 15.0 Å². The molecule has 0 amide bonds. The summed E-state index contributed by atoms with van der Waals surface area (Å²) in [5, 5.41) is 0. The summed E-state index contributed by atoms with van der Waals surface area (Å²) in [7, 11) is 0. The molecule has 1 spiro atoms. The maximum Gasteiger partial charge on any atom is 0.164 e. The monoisotopic (exact) mass is 792 g/mol. The summed E-state index contributed by atoms with van der Waals surface area (Å²) in [5.74, 6) is 3.61. The third-order valence-corrected chi connectivity index (χ3v) is 12.3. The van der Waals surface area contributed by atoms with Gasteiger partial charge in [-0.3, -0.25) is 4.98 Å². The van der Waals surface area contributed by atoms with E-state index >= 15 is 0 Å². The molecule has 0 saturated carbocycles. The zero-order valence-corrected chi connectivity index (χ0v) is 33.5. The molecule has 0 fully saturated rings. The highest BCUT2D eigenvalue weighted by atomic mass is 16.5. The fourth-order valence-electron chi connectivity index (χ4n) is 9.39. The molecule has 0 radical (unpaired) electrons. The van der Waals surface area contributed by atoms with Gasteiger partial charge in [0.2, 0.25) is 0 Å². The Bertz CT molecular complexity index is 3280. The lowest BCUT2D eigenvalue weighted by Gasteiger charge is -2.39. The smallest absolute Gasteiger partial charge is 0.164 e. The van der Waals surface area contributed by atoms with E-state index in [1.54, 1.807) is 0 Å². The average Bonchev–Trinajstić information content (AvgIpc) is 3.64. The highest BCUT2D eigenvalue weighted by Gasteiger charge is 2.51. The highest BCUT2D eigenvalue weighted by Crippen LogP contribution is 2.62. The van der Waals surface area contributed by atoms with E-state index in [4.69, 9.17) is 24.7 Å². The summed E-state index contributed by atoms with van der Waals surface area (Å²) in [6, 6.07) is 74.2. The third-order valence-electron chi connectivity index (χ3n) is 12.3.